The zero-order chi connectivity index (χ0) is 56.7. The van der Waals surface area contributed by atoms with Gasteiger partial charge in [0, 0.05) is 24.8 Å². The number of aliphatic imine (C=N–C) groups is 1. The molecule has 1 aromatic heterocycles. The van der Waals surface area contributed by atoms with Crippen LogP contribution in [0.5, 0.6) is 0 Å². The van der Waals surface area contributed by atoms with Gasteiger partial charge in [-0.1, -0.05) is 61.9 Å². The van der Waals surface area contributed by atoms with Crippen LogP contribution >= 0.6 is 0 Å². The number of amides is 8. The average Bonchev–Trinajstić information content (AvgIpc) is 3.37. The Morgan fingerprint density at radius 3 is 2.23 bits per heavy atom. The number of aromatic nitrogens is 1. The van der Waals surface area contributed by atoms with Gasteiger partial charge in [-0.2, -0.15) is 26.7 Å². The second kappa shape index (κ2) is 29.3. The van der Waals surface area contributed by atoms with Crippen LogP contribution < -0.4 is 53.7 Å². The molecular formula is C47H56F3N13O13S. The van der Waals surface area contributed by atoms with Crippen molar-refractivity contribution in [1.82, 2.24) is 47.5 Å². The van der Waals surface area contributed by atoms with Crippen molar-refractivity contribution >= 4 is 87.4 Å². The summed E-state index contributed by atoms with van der Waals surface area (Å²) in [5, 5.41) is 32.0. The number of hydrogen-bond acceptors (Lipinski definition) is 15. The summed E-state index contributed by atoms with van der Waals surface area (Å²) in [7, 11) is -4.52. The third-order valence-electron chi connectivity index (χ3n) is 10.8. The first-order valence-corrected chi connectivity index (χ1v) is 24.9. The average molecular weight is 1100 g/mol. The molecule has 1 fully saturated rings. The standard InChI is InChI=1S/C47H56F3N13O13S/c1-2-11-30(58-39(67)29-18-19-36(54-24-29)63-56-25-28-14-6-7-17-35(28)77(74,75)76)40(68)52-20-9-8-15-32-42(70)59-31(16-10-21-53-46(51)62-45(73)47(48,49)50)41(69)55-26-37(64)57-34(23-38(65)66)44(72)61-33(43(71)60-32)22-27-12-4-3-5-13-27/h3-7,12-14,17-19,22,24-25,30-32,34H,2,8-11,15-16,20-21,23,26H2,1H3,(H,52,68)(H,54,63)(H,55,69)(H,57,64)(H,58,67)(H,59,70)(H,60,71)(H,61,72)(H,65,66)(H,74,75,76)(H3,51,53,62,73)/b33-22-,56-25+/t30-,31-,32-,34-/m0/s1. The number of hydrogen-bond donors (Lipinski definition) is 12. The Morgan fingerprint density at radius 2 is 1.57 bits per heavy atom. The fraction of sp³-hybridized carbons (Fsp3) is 0.362. The minimum absolute atomic E-state index is 0.00628. The molecule has 4 rings (SSSR count). The Hall–Kier alpha value is -8.80. The molecule has 0 bridgehead atoms. The molecule has 0 unspecified atom stereocenters. The van der Waals surface area contributed by atoms with Gasteiger partial charge in [0.25, 0.3) is 21.9 Å². The van der Waals surface area contributed by atoms with Crippen LogP contribution in [-0.4, -0.2) is 138 Å². The molecule has 1 aliphatic rings. The molecular weight excluding hydrogens is 1040 g/mol. The Balaban J connectivity index is 1.48. The number of unbranched alkanes of at least 4 members (excludes halogenated alkanes) is 1. The van der Waals surface area contributed by atoms with E-state index in [0.29, 0.717) is 12.0 Å². The predicted octanol–water partition coefficient (Wildman–Crippen LogP) is -0.0511. The van der Waals surface area contributed by atoms with Crippen molar-refractivity contribution in [2.24, 2.45) is 15.8 Å². The van der Waals surface area contributed by atoms with Gasteiger partial charge in [-0.3, -0.25) is 63.4 Å². The molecule has 26 nitrogen and oxygen atoms in total. The van der Waals surface area contributed by atoms with Crippen molar-refractivity contribution in [3.63, 3.8) is 0 Å². The second-order valence-electron chi connectivity index (χ2n) is 16.8. The van der Waals surface area contributed by atoms with Crippen LogP contribution in [0.2, 0.25) is 0 Å². The van der Waals surface area contributed by atoms with Crippen molar-refractivity contribution in [3.8, 4) is 0 Å². The topological polar surface area (TPSA) is 400 Å². The Kier molecular flexibility index (Phi) is 23.1. The summed E-state index contributed by atoms with van der Waals surface area (Å²) >= 11 is 0. The number of aliphatic carboxylic acids is 1. The monoisotopic (exact) mass is 1100 g/mol. The largest absolute Gasteiger partial charge is 0.481 e. The van der Waals surface area contributed by atoms with Gasteiger partial charge in [-0.15, -0.1) is 0 Å². The highest BCUT2D eigenvalue weighted by Gasteiger charge is 2.39. The number of carbonyl (C=O) groups is 9. The van der Waals surface area contributed by atoms with Gasteiger partial charge in [0.2, 0.25) is 29.5 Å². The lowest BCUT2D eigenvalue weighted by Gasteiger charge is -2.24. The van der Waals surface area contributed by atoms with E-state index in [0.717, 1.165) is 6.21 Å². The number of carboxylic acids is 1. The number of nitrogens with two attached hydrogens (primary N) is 1. The number of hydrazone groups is 1. The van der Waals surface area contributed by atoms with E-state index in [1.54, 1.807) is 43.3 Å². The third-order valence-corrected chi connectivity index (χ3v) is 11.7. The van der Waals surface area contributed by atoms with E-state index in [9.17, 15) is 74.4 Å². The molecule has 414 valence electrons. The molecule has 2 heterocycles. The van der Waals surface area contributed by atoms with Crippen LogP contribution in [0.25, 0.3) is 6.08 Å². The number of nitrogens with one attached hydrogen (secondary N) is 9. The van der Waals surface area contributed by atoms with Crippen LogP contribution in [0.15, 0.2) is 93.6 Å². The highest BCUT2D eigenvalue weighted by molar-refractivity contribution is 7.86. The van der Waals surface area contributed by atoms with E-state index in [1.807, 2.05) is 0 Å². The summed E-state index contributed by atoms with van der Waals surface area (Å²) in [4.78, 5) is 125. The van der Waals surface area contributed by atoms with Gasteiger partial charge in [-0.25, -0.2) is 4.98 Å². The summed E-state index contributed by atoms with van der Waals surface area (Å²) in [6.07, 6.45) is -2.33. The SMILES string of the molecule is CCC[C@H](NC(=O)c1ccc(N/N=C/c2ccccc2S(=O)(=O)O)nc1)C(=O)NCCCC[C@@H]1NC(=O)/C(=C/c2ccccc2)NC(=O)[C@H](CC(=O)O)NC(=O)CNC(=O)[C@H](CCCN=C(N)NC(=O)C(F)(F)F)NC1=O. The third kappa shape index (κ3) is 20.8. The lowest BCUT2D eigenvalue weighted by atomic mass is 10.1. The molecule has 1 aliphatic heterocycles. The zero-order valence-electron chi connectivity index (χ0n) is 41.0. The zero-order valence-corrected chi connectivity index (χ0v) is 41.8. The molecule has 0 radical (unpaired) electrons. The second-order valence-corrected chi connectivity index (χ2v) is 18.1. The molecule has 2 aromatic carbocycles. The van der Waals surface area contributed by atoms with Gasteiger partial charge >= 0.3 is 18.1 Å². The highest BCUT2D eigenvalue weighted by atomic mass is 32.2. The number of anilines is 1. The lowest BCUT2D eigenvalue weighted by Crippen LogP contribution is -2.54. The lowest BCUT2D eigenvalue weighted by molar-refractivity contribution is -0.171. The fourth-order valence-electron chi connectivity index (χ4n) is 6.97. The molecule has 0 aliphatic carbocycles. The maximum absolute atomic E-state index is 14.1. The summed E-state index contributed by atoms with van der Waals surface area (Å²) in [6.45, 7) is 0.564. The number of pyridine rings is 1. The van der Waals surface area contributed by atoms with Gasteiger partial charge in [-0.05, 0) is 68.4 Å². The minimum Gasteiger partial charge on any atom is -0.481 e. The Labute approximate surface area is 437 Å². The number of halogens is 3. The molecule has 0 saturated carbocycles. The molecule has 13 N–H and O–H groups in total. The van der Waals surface area contributed by atoms with Crippen molar-refractivity contribution in [1.29, 1.82) is 0 Å². The van der Waals surface area contributed by atoms with Gasteiger partial charge < -0.3 is 48.1 Å². The van der Waals surface area contributed by atoms with Crippen LogP contribution in [0, 0.1) is 0 Å². The van der Waals surface area contributed by atoms with Crippen molar-refractivity contribution in [2.45, 2.75) is 93.5 Å². The van der Waals surface area contributed by atoms with Crippen LogP contribution in [-0.2, 0) is 48.5 Å². The number of benzene rings is 2. The fourth-order valence-corrected chi connectivity index (χ4v) is 7.64. The first kappa shape index (κ1) is 60.8. The molecule has 30 heteroatoms. The first-order chi connectivity index (χ1) is 36.4. The van der Waals surface area contributed by atoms with Gasteiger partial charge in [0.05, 0.1) is 24.7 Å². The molecule has 77 heavy (non-hydrogen) atoms. The van der Waals surface area contributed by atoms with Crippen molar-refractivity contribution < 1.29 is 74.4 Å². The highest BCUT2D eigenvalue weighted by Crippen LogP contribution is 2.16. The van der Waals surface area contributed by atoms with Gasteiger partial charge in [0.1, 0.15) is 40.6 Å². The number of rotatable bonds is 21. The maximum atomic E-state index is 14.1. The van der Waals surface area contributed by atoms with Crippen LogP contribution in [0.1, 0.15) is 79.8 Å². The molecule has 0 spiro atoms. The van der Waals surface area contributed by atoms with E-state index >= 15 is 0 Å². The maximum Gasteiger partial charge on any atom is 0.471 e. The van der Waals surface area contributed by atoms with Crippen molar-refractivity contribution in [2.75, 3.05) is 25.1 Å². The van der Waals surface area contributed by atoms with E-state index in [-0.39, 0.29) is 73.5 Å². The van der Waals surface area contributed by atoms with E-state index in [1.165, 1.54) is 47.9 Å². The number of nitrogens with zero attached hydrogens (tertiary/aromatic N) is 3. The van der Waals surface area contributed by atoms with Gasteiger partial charge in [0.15, 0.2) is 5.96 Å². The molecule has 3 aromatic rings. The summed E-state index contributed by atoms with van der Waals surface area (Å²) in [5.41, 5.74) is 8.03. The van der Waals surface area contributed by atoms with E-state index in [2.05, 4.69) is 57.7 Å². The molecule has 4 atom stereocenters. The Bertz CT molecular complexity index is 2840. The molecule has 1 saturated heterocycles. The number of alkyl halides is 3. The van der Waals surface area contributed by atoms with E-state index in [4.69, 9.17) is 5.73 Å². The van der Waals surface area contributed by atoms with Crippen LogP contribution in [0.4, 0.5) is 19.0 Å². The van der Waals surface area contributed by atoms with Crippen LogP contribution in [0.3, 0.4) is 0 Å². The number of carboxylic acid groups (broad SMARTS) is 1. The first-order valence-electron chi connectivity index (χ1n) is 23.5. The summed E-state index contributed by atoms with van der Waals surface area (Å²) < 4.78 is 70.9. The number of guanidine groups is 1. The molecule has 8 amide bonds. The summed E-state index contributed by atoms with van der Waals surface area (Å²) in [5.74, 6) is -11.1. The quantitative estimate of drug-likeness (QED) is 0.0166. The van der Waals surface area contributed by atoms with Crippen molar-refractivity contribution in [3.05, 3.63) is 95.3 Å². The van der Waals surface area contributed by atoms with E-state index < -0.39 is 118 Å². The predicted molar refractivity (Wildman–Crippen MR) is 268 cm³/mol. The normalized spacial score (nSPS) is 18.0. The number of carbonyl (C=O) groups excluding carboxylic acids is 8. The Morgan fingerprint density at radius 1 is 0.883 bits per heavy atom. The smallest absolute Gasteiger partial charge is 0.471 e. The minimum atomic E-state index is -5.27. The summed E-state index contributed by atoms with van der Waals surface area (Å²) in [6, 6.07) is 10.6.